The fraction of sp³-hybridized carbons (Fsp3) is 0. The Balaban J connectivity index is 1.54. The standard InChI is InChI=1S/C28H21NO3/c30-28(22-10-4-1-5-11-22)23-16-18-24(19-17-23)29-27(32-26-14-8-3-9-15-26)20-21-31-25-12-6-2-7-13-25/h1-21H/b21-20+,29-27?. The van der Waals surface area contributed by atoms with Crippen LogP contribution in [0.15, 0.2) is 133 Å². The van der Waals surface area contributed by atoms with Crippen LogP contribution in [0.5, 0.6) is 11.5 Å². The number of para-hydroxylation sites is 2. The number of ether oxygens (including phenoxy) is 2. The van der Waals surface area contributed by atoms with Crippen molar-refractivity contribution in [3.8, 4) is 11.5 Å². The number of aliphatic imine (C=N–C) groups is 1. The third kappa shape index (κ3) is 5.80. The molecule has 4 aromatic carbocycles. The summed E-state index contributed by atoms with van der Waals surface area (Å²) in [7, 11) is 0. The molecule has 0 saturated carbocycles. The molecule has 0 unspecified atom stereocenters. The normalized spacial score (nSPS) is 11.3. The van der Waals surface area contributed by atoms with Crippen molar-refractivity contribution in [3.05, 3.63) is 139 Å². The molecule has 0 aromatic heterocycles. The van der Waals surface area contributed by atoms with Crippen LogP contribution in [0, 0.1) is 0 Å². The Morgan fingerprint density at radius 1 is 0.625 bits per heavy atom. The number of benzene rings is 4. The van der Waals surface area contributed by atoms with Crippen LogP contribution in [0.25, 0.3) is 0 Å². The van der Waals surface area contributed by atoms with Crippen LogP contribution in [0.3, 0.4) is 0 Å². The first-order valence-corrected chi connectivity index (χ1v) is 10.2. The van der Waals surface area contributed by atoms with Gasteiger partial charge in [0.05, 0.1) is 11.9 Å². The highest BCUT2D eigenvalue weighted by Gasteiger charge is 2.08. The summed E-state index contributed by atoms with van der Waals surface area (Å²) in [6.45, 7) is 0. The predicted octanol–water partition coefficient (Wildman–Crippen LogP) is 6.62. The predicted molar refractivity (Wildman–Crippen MR) is 127 cm³/mol. The molecule has 156 valence electrons. The molecule has 0 radical (unpaired) electrons. The van der Waals surface area contributed by atoms with E-state index in [0.717, 1.165) is 0 Å². The van der Waals surface area contributed by atoms with Crippen molar-refractivity contribution in [1.29, 1.82) is 0 Å². The van der Waals surface area contributed by atoms with Gasteiger partial charge in [-0.15, -0.1) is 0 Å². The Bertz CT molecular complexity index is 1200. The largest absolute Gasteiger partial charge is 0.465 e. The maximum Gasteiger partial charge on any atom is 0.222 e. The van der Waals surface area contributed by atoms with E-state index in [1.54, 1.807) is 42.5 Å². The molecule has 0 atom stereocenters. The van der Waals surface area contributed by atoms with Gasteiger partial charge in [0, 0.05) is 17.2 Å². The highest BCUT2D eigenvalue weighted by Crippen LogP contribution is 2.18. The lowest BCUT2D eigenvalue weighted by atomic mass is 10.0. The number of hydrogen-bond donors (Lipinski definition) is 0. The maximum atomic E-state index is 12.6. The van der Waals surface area contributed by atoms with Gasteiger partial charge in [0.15, 0.2) is 5.78 Å². The first-order chi connectivity index (χ1) is 15.8. The molecule has 4 nitrogen and oxygen atoms in total. The van der Waals surface area contributed by atoms with Crippen molar-refractivity contribution in [2.24, 2.45) is 4.99 Å². The first kappa shape index (κ1) is 20.8. The second kappa shape index (κ2) is 10.5. The summed E-state index contributed by atoms with van der Waals surface area (Å²) >= 11 is 0. The molecule has 0 spiro atoms. The molecule has 0 aliphatic rings. The molecule has 32 heavy (non-hydrogen) atoms. The van der Waals surface area contributed by atoms with Crippen LogP contribution < -0.4 is 9.47 Å². The molecule has 0 heterocycles. The second-order valence-corrected chi connectivity index (χ2v) is 6.84. The first-order valence-electron chi connectivity index (χ1n) is 10.2. The molecule has 0 amide bonds. The fourth-order valence-electron chi connectivity index (χ4n) is 2.94. The molecular weight excluding hydrogens is 398 g/mol. The summed E-state index contributed by atoms with van der Waals surface area (Å²) in [6, 6.07) is 35.1. The van der Waals surface area contributed by atoms with E-state index in [1.165, 1.54) is 6.26 Å². The summed E-state index contributed by atoms with van der Waals surface area (Å²) in [4.78, 5) is 17.2. The van der Waals surface area contributed by atoms with Crippen LogP contribution >= 0.6 is 0 Å². The maximum absolute atomic E-state index is 12.6. The van der Waals surface area contributed by atoms with Gasteiger partial charge < -0.3 is 9.47 Å². The van der Waals surface area contributed by atoms with Crippen molar-refractivity contribution in [2.75, 3.05) is 0 Å². The Hall–Kier alpha value is -4.44. The van der Waals surface area contributed by atoms with Gasteiger partial charge in [-0.05, 0) is 48.5 Å². The summed E-state index contributed by atoms with van der Waals surface area (Å²) in [5, 5.41) is 0. The van der Waals surface area contributed by atoms with Crippen LogP contribution in [0.4, 0.5) is 5.69 Å². The number of nitrogens with zero attached hydrogens (tertiary/aromatic N) is 1. The molecule has 0 fully saturated rings. The van der Waals surface area contributed by atoms with Gasteiger partial charge in [-0.2, -0.15) is 0 Å². The molecule has 0 N–H and O–H groups in total. The van der Waals surface area contributed by atoms with Crippen molar-refractivity contribution in [3.63, 3.8) is 0 Å². The van der Waals surface area contributed by atoms with Crippen LogP contribution in [0.2, 0.25) is 0 Å². The lowest BCUT2D eigenvalue weighted by Crippen LogP contribution is -2.05. The van der Waals surface area contributed by atoms with Crippen molar-refractivity contribution < 1.29 is 14.3 Å². The zero-order valence-corrected chi connectivity index (χ0v) is 17.3. The average molecular weight is 419 g/mol. The molecule has 4 heteroatoms. The lowest BCUT2D eigenvalue weighted by molar-refractivity contribution is 0.103. The summed E-state index contributed by atoms with van der Waals surface area (Å²) in [6.07, 6.45) is 3.19. The quantitative estimate of drug-likeness (QED) is 0.146. The summed E-state index contributed by atoms with van der Waals surface area (Å²) < 4.78 is 11.5. The van der Waals surface area contributed by atoms with Crippen molar-refractivity contribution >= 4 is 17.4 Å². The van der Waals surface area contributed by atoms with Crippen LogP contribution in [-0.2, 0) is 0 Å². The Morgan fingerprint density at radius 2 is 1.16 bits per heavy atom. The average Bonchev–Trinajstić information content (AvgIpc) is 2.86. The van der Waals surface area contributed by atoms with E-state index in [-0.39, 0.29) is 5.78 Å². The topological polar surface area (TPSA) is 47.9 Å². The molecule has 0 bridgehead atoms. The molecule has 0 aliphatic heterocycles. The van der Waals surface area contributed by atoms with E-state index in [1.807, 2.05) is 78.9 Å². The molecule has 4 rings (SSSR count). The molecule has 0 aliphatic carbocycles. The number of ketones is 1. The highest BCUT2D eigenvalue weighted by atomic mass is 16.5. The fourth-order valence-corrected chi connectivity index (χ4v) is 2.94. The number of carbonyl (C=O) groups is 1. The van der Waals surface area contributed by atoms with Gasteiger partial charge in [-0.3, -0.25) is 4.79 Å². The van der Waals surface area contributed by atoms with Gasteiger partial charge >= 0.3 is 0 Å². The zero-order valence-electron chi connectivity index (χ0n) is 17.3. The van der Waals surface area contributed by atoms with E-state index in [9.17, 15) is 4.79 Å². The van der Waals surface area contributed by atoms with Crippen molar-refractivity contribution in [2.45, 2.75) is 0 Å². The van der Waals surface area contributed by atoms with Gasteiger partial charge in [0.1, 0.15) is 11.5 Å². The van der Waals surface area contributed by atoms with Gasteiger partial charge in [0.25, 0.3) is 0 Å². The van der Waals surface area contributed by atoms with E-state index in [4.69, 9.17) is 9.47 Å². The Labute approximate surface area is 187 Å². The second-order valence-electron chi connectivity index (χ2n) is 6.84. The monoisotopic (exact) mass is 419 g/mol. The van der Waals surface area contributed by atoms with Gasteiger partial charge in [-0.1, -0.05) is 66.7 Å². The van der Waals surface area contributed by atoms with E-state index >= 15 is 0 Å². The minimum atomic E-state index is -0.0296. The zero-order chi connectivity index (χ0) is 22.0. The van der Waals surface area contributed by atoms with E-state index < -0.39 is 0 Å². The summed E-state index contributed by atoms with van der Waals surface area (Å²) in [5.74, 6) is 1.70. The van der Waals surface area contributed by atoms with E-state index in [2.05, 4.69) is 4.99 Å². The summed E-state index contributed by atoms with van der Waals surface area (Å²) in [5.41, 5.74) is 1.91. The SMILES string of the molecule is O=C(c1ccccc1)c1ccc(N=C(/C=C/Oc2ccccc2)Oc2ccccc2)cc1. The Kier molecular flexibility index (Phi) is 6.86. The van der Waals surface area contributed by atoms with Crippen LogP contribution in [0.1, 0.15) is 15.9 Å². The molecular formula is C28H21NO3. The number of carbonyl (C=O) groups excluding carboxylic acids is 1. The third-order valence-corrected chi connectivity index (χ3v) is 4.53. The van der Waals surface area contributed by atoms with Crippen molar-refractivity contribution in [1.82, 2.24) is 0 Å². The highest BCUT2D eigenvalue weighted by molar-refractivity contribution is 6.09. The molecule has 4 aromatic rings. The molecule has 0 saturated heterocycles. The number of hydrogen-bond acceptors (Lipinski definition) is 4. The Morgan fingerprint density at radius 3 is 1.78 bits per heavy atom. The third-order valence-electron chi connectivity index (χ3n) is 4.53. The smallest absolute Gasteiger partial charge is 0.222 e. The van der Waals surface area contributed by atoms with Gasteiger partial charge in [0.2, 0.25) is 5.90 Å². The number of rotatable bonds is 7. The minimum Gasteiger partial charge on any atom is -0.465 e. The van der Waals surface area contributed by atoms with Crippen LogP contribution in [-0.4, -0.2) is 11.7 Å². The van der Waals surface area contributed by atoms with Gasteiger partial charge in [-0.25, -0.2) is 4.99 Å². The van der Waals surface area contributed by atoms with E-state index in [0.29, 0.717) is 34.2 Å². The minimum absolute atomic E-state index is 0.0296. The lowest BCUT2D eigenvalue weighted by Gasteiger charge is -2.06.